The van der Waals surface area contributed by atoms with Gasteiger partial charge in [-0.3, -0.25) is 4.98 Å². The van der Waals surface area contributed by atoms with Gasteiger partial charge in [-0.15, -0.1) is 0 Å². The number of allylic oxidation sites excluding steroid dienone is 1. The van der Waals surface area contributed by atoms with Crippen molar-refractivity contribution in [2.24, 2.45) is 0 Å². The molecule has 1 heterocycles. The minimum atomic E-state index is -0.320. The molecule has 1 aliphatic rings. The van der Waals surface area contributed by atoms with Crippen LogP contribution >= 0.6 is 0 Å². The van der Waals surface area contributed by atoms with Gasteiger partial charge in [0.05, 0.1) is 12.7 Å². The van der Waals surface area contributed by atoms with Crippen molar-refractivity contribution in [3.8, 4) is 11.1 Å². The maximum Gasteiger partial charge on any atom is 0.337 e. The first-order valence-electron chi connectivity index (χ1n) is 10.8. The van der Waals surface area contributed by atoms with Crippen molar-refractivity contribution in [1.29, 1.82) is 0 Å². The molecule has 0 fully saturated rings. The molecule has 3 nitrogen and oxygen atoms in total. The SMILES string of the molecule is COC(=O)c1ccc(-c2ccc3cc4c(cc3c2)C(c2cccnc2)=CCC4(C)C)cc1. The summed E-state index contributed by atoms with van der Waals surface area (Å²) in [6, 6.07) is 22.9. The number of pyridine rings is 1. The fourth-order valence-corrected chi connectivity index (χ4v) is 4.55. The first-order valence-corrected chi connectivity index (χ1v) is 10.8. The highest BCUT2D eigenvalue weighted by Gasteiger charge is 2.29. The van der Waals surface area contributed by atoms with E-state index in [1.807, 2.05) is 42.7 Å². The monoisotopic (exact) mass is 419 g/mol. The predicted octanol–water partition coefficient (Wildman–Crippen LogP) is 6.80. The Morgan fingerprint density at radius 2 is 1.69 bits per heavy atom. The minimum absolute atomic E-state index is 0.0810. The van der Waals surface area contributed by atoms with Crippen LogP contribution in [0.15, 0.2) is 85.2 Å². The number of hydrogen-bond donors (Lipinski definition) is 0. The summed E-state index contributed by atoms with van der Waals surface area (Å²) >= 11 is 0. The van der Waals surface area contributed by atoms with Gasteiger partial charge in [0, 0.05) is 18.0 Å². The summed E-state index contributed by atoms with van der Waals surface area (Å²) in [5.74, 6) is -0.320. The molecule has 32 heavy (non-hydrogen) atoms. The topological polar surface area (TPSA) is 39.2 Å². The maximum atomic E-state index is 11.7. The number of carbonyl (C=O) groups excluding carboxylic acids is 1. The summed E-state index contributed by atoms with van der Waals surface area (Å²) in [6.07, 6.45) is 7.11. The highest BCUT2D eigenvalue weighted by Crippen LogP contribution is 2.43. The molecule has 3 aromatic carbocycles. The molecular weight excluding hydrogens is 394 g/mol. The largest absolute Gasteiger partial charge is 0.465 e. The predicted molar refractivity (Wildman–Crippen MR) is 130 cm³/mol. The standard InChI is InChI=1S/C29H25NO2/c1-29(2)13-12-25(23-5-4-14-30-18-23)26-16-24-15-21(10-11-22(24)17-27(26)29)19-6-8-20(9-7-19)28(31)32-3/h4-12,14-18H,13H2,1-3H3. The van der Waals surface area contributed by atoms with Gasteiger partial charge in [-0.25, -0.2) is 4.79 Å². The van der Waals surface area contributed by atoms with Crippen molar-refractivity contribution >= 4 is 22.3 Å². The first-order chi connectivity index (χ1) is 15.5. The summed E-state index contributed by atoms with van der Waals surface area (Å²) in [5, 5.41) is 2.44. The number of ether oxygens (including phenoxy) is 1. The number of aromatic nitrogens is 1. The van der Waals surface area contributed by atoms with Gasteiger partial charge >= 0.3 is 5.97 Å². The lowest BCUT2D eigenvalue weighted by Crippen LogP contribution is -2.21. The van der Waals surface area contributed by atoms with Gasteiger partial charge in [-0.1, -0.05) is 50.3 Å². The van der Waals surface area contributed by atoms with Crippen molar-refractivity contribution in [3.63, 3.8) is 0 Å². The van der Waals surface area contributed by atoms with Crippen LogP contribution in [0.5, 0.6) is 0 Å². The van der Waals surface area contributed by atoms with E-state index in [4.69, 9.17) is 4.74 Å². The van der Waals surface area contributed by atoms with Gasteiger partial charge in [-0.2, -0.15) is 0 Å². The van der Waals surface area contributed by atoms with Gasteiger partial charge in [-0.05, 0) is 86.8 Å². The summed E-state index contributed by atoms with van der Waals surface area (Å²) in [6.45, 7) is 4.62. The smallest absolute Gasteiger partial charge is 0.337 e. The average molecular weight is 420 g/mol. The highest BCUT2D eigenvalue weighted by atomic mass is 16.5. The minimum Gasteiger partial charge on any atom is -0.465 e. The maximum absolute atomic E-state index is 11.7. The Bertz CT molecular complexity index is 1350. The van der Waals surface area contributed by atoms with Crippen LogP contribution < -0.4 is 0 Å². The normalized spacial score (nSPS) is 14.5. The zero-order chi connectivity index (χ0) is 22.3. The van der Waals surface area contributed by atoms with Gasteiger partial charge in [0.1, 0.15) is 0 Å². The molecule has 0 N–H and O–H groups in total. The van der Waals surface area contributed by atoms with E-state index in [9.17, 15) is 4.79 Å². The molecule has 0 radical (unpaired) electrons. The van der Waals surface area contributed by atoms with E-state index in [-0.39, 0.29) is 11.4 Å². The number of benzene rings is 3. The van der Waals surface area contributed by atoms with Crippen LogP contribution in [0.3, 0.4) is 0 Å². The number of esters is 1. The van der Waals surface area contributed by atoms with Gasteiger partial charge in [0.2, 0.25) is 0 Å². The lowest BCUT2D eigenvalue weighted by atomic mass is 9.71. The van der Waals surface area contributed by atoms with Crippen molar-refractivity contribution in [2.75, 3.05) is 7.11 Å². The van der Waals surface area contributed by atoms with Gasteiger partial charge < -0.3 is 4.74 Å². The molecule has 0 atom stereocenters. The molecule has 0 saturated heterocycles. The van der Waals surface area contributed by atoms with E-state index >= 15 is 0 Å². The Morgan fingerprint density at radius 3 is 2.41 bits per heavy atom. The Balaban J connectivity index is 1.62. The number of methoxy groups -OCH3 is 1. The molecule has 0 unspecified atom stereocenters. The Kier molecular flexibility index (Phi) is 4.90. The lowest BCUT2D eigenvalue weighted by Gasteiger charge is -2.32. The molecule has 0 amide bonds. The van der Waals surface area contributed by atoms with Gasteiger partial charge in [0.15, 0.2) is 0 Å². The fourth-order valence-electron chi connectivity index (χ4n) is 4.55. The third-order valence-corrected chi connectivity index (χ3v) is 6.42. The van der Waals surface area contributed by atoms with Gasteiger partial charge in [0.25, 0.3) is 0 Å². The third kappa shape index (κ3) is 3.50. The molecule has 3 heteroatoms. The molecule has 0 saturated carbocycles. The molecular formula is C29H25NO2. The van der Waals surface area contributed by atoms with E-state index in [0.29, 0.717) is 5.56 Å². The number of rotatable bonds is 3. The highest BCUT2D eigenvalue weighted by molar-refractivity contribution is 5.95. The molecule has 4 aromatic rings. The van der Waals surface area contributed by atoms with Crippen molar-refractivity contribution in [3.05, 3.63) is 107 Å². The molecule has 0 aliphatic heterocycles. The Labute approximate surface area is 188 Å². The number of nitrogens with zero attached hydrogens (tertiary/aromatic N) is 1. The molecule has 1 aromatic heterocycles. The zero-order valence-corrected chi connectivity index (χ0v) is 18.6. The van der Waals surface area contributed by atoms with Crippen LogP contribution in [-0.4, -0.2) is 18.1 Å². The summed E-state index contributed by atoms with van der Waals surface area (Å²) in [5.41, 5.74) is 7.88. The fraction of sp³-hybridized carbons (Fsp3) is 0.172. The van der Waals surface area contributed by atoms with Crippen LogP contribution in [0.25, 0.3) is 27.5 Å². The Morgan fingerprint density at radius 1 is 0.906 bits per heavy atom. The second-order valence-electron chi connectivity index (χ2n) is 8.98. The van der Waals surface area contributed by atoms with E-state index in [0.717, 1.165) is 23.1 Å². The van der Waals surface area contributed by atoms with Crippen LogP contribution in [0.2, 0.25) is 0 Å². The second-order valence-corrected chi connectivity index (χ2v) is 8.98. The molecule has 0 spiro atoms. The van der Waals surface area contributed by atoms with Crippen molar-refractivity contribution in [2.45, 2.75) is 25.7 Å². The second kappa shape index (κ2) is 7.76. The van der Waals surface area contributed by atoms with Crippen LogP contribution in [0.1, 0.15) is 47.3 Å². The number of fused-ring (bicyclic) bond motifs is 2. The van der Waals surface area contributed by atoms with E-state index in [1.165, 1.54) is 34.6 Å². The Hall–Kier alpha value is -3.72. The van der Waals surface area contributed by atoms with E-state index in [1.54, 1.807) is 0 Å². The summed E-state index contributed by atoms with van der Waals surface area (Å²) in [7, 11) is 1.40. The molecule has 158 valence electrons. The number of hydrogen-bond acceptors (Lipinski definition) is 3. The van der Waals surface area contributed by atoms with Crippen LogP contribution in [0.4, 0.5) is 0 Å². The summed E-state index contributed by atoms with van der Waals surface area (Å²) in [4.78, 5) is 16.1. The van der Waals surface area contributed by atoms with Crippen molar-refractivity contribution in [1.82, 2.24) is 4.98 Å². The van der Waals surface area contributed by atoms with Crippen LogP contribution in [0, 0.1) is 0 Å². The molecule has 0 bridgehead atoms. The quantitative estimate of drug-likeness (QED) is 0.343. The van der Waals surface area contributed by atoms with Crippen LogP contribution in [-0.2, 0) is 10.2 Å². The third-order valence-electron chi connectivity index (χ3n) is 6.42. The van der Waals surface area contributed by atoms with Crippen molar-refractivity contribution < 1.29 is 9.53 Å². The van der Waals surface area contributed by atoms with E-state index in [2.05, 4.69) is 61.3 Å². The average Bonchev–Trinajstić information content (AvgIpc) is 2.83. The molecule has 1 aliphatic carbocycles. The first kappa shape index (κ1) is 20.2. The summed E-state index contributed by atoms with van der Waals surface area (Å²) < 4.78 is 4.81. The van der Waals surface area contributed by atoms with E-state index < -0.39 is 0 Å². The molecule has 5 rings (SSSR count). The number of carbonyl (C=O) groups is 1. The lowest BCUT2D eigenvalue weighted by molar-refractivity contribution is 0.0601. The zero-order valence-electron chi connectivity index (χ0n) is 18.6.